The van der Waals surface area contributed by atoms with E-state index in [1.54, 1.807) is 19.1 Å². The van der Waals surface area contributed by atoms with Crippen molar-refractivity contribution in [3.8, 4) is 11.5 Å². The molecule has 1 atom stereocenters. The summed E-state index contributed by atoms with van der Waals surface area (Å²) in [5.74, 6) is 1.79. The Kier molecular flexibility index (Phi) is 6.45. The van der Waals surface area contributed by atoms with Gasteiger partial charge < -0.3 is 19.3 Å². The fourth-order valence-corrected chi connectivity index (χ4v) is 3.13. The molecule has 1 heterocycles. The van der Waals surface area contributed by atoms with Gasteiger partial charge in [-0.25, -0.2) is 0 Å². The highest BCUT2D eigenvalue weighted by Gasteiger charge is 2.28. The van der Waals surface area contributed by atoms with Crippen LogP contribution in [0.15, 0.2) is 18.2 Å². The summed E-state index contributed by atoms with van der Waals surface area (Å²) >= 11 is 0. The third kappa shape index (κ3) is 4.61. The molecule has 0 bridgehead atoms. The van der Waals surface area contributed by atoms with Crippen molar-refractivity contribution in [2.45, 2.75) is 6.54 Å². The summed E-state index contributed by atoms with van der Waals surface area (Å²) in [6, 6.07) is 5.89. The van der Waals surface area contributed by atoms with Gasteiger partial charge in [-0.3, -0.25) is 9.69 Å². The molecule has 0 N–H and O–H groups in total. The van der Waals surface area contributed by atoms with Crippen molar-refractivity contribution >= 4 is 5.91 Å². The smallest absolute Gasteiger partial charge is 0.227 e. The highest BCUT2D eigenvalue weighted by Crippen LogP contribution is 2.26. The standard InChI is InChI=1S/C18H29N3O3/c1-19(2)18(22)15-11-20(3)8-9-21(13-15)12-14-6-7-16(23-4)10-17(14)24-5/h6-7,10,15H,8-9,11-13H2,1-5H3/t15-/m1/s1. The molecular formula is C18H29N3O3. The molecule has 6 nitrogen and oxygen atoms in total. The van der Waals surface area contributed by atoms with Crippen molar-refractivity contribution in [3.05, 3.63) is 23.8 Å². The Morgan fingerprint density at radius 2 is 1.96 bits per heavy atom. The normalized spacial score (nSPS) is 19.6. The van der Waals surface area contributed by atoms with Gasteiger partial charge in [-0.2, -0.15) is 0 Å². The summed E-state index contributed by atoms with van der Waals surface area (Å²) in [6.45, 7) is 4.21. The fraction of sp³-hybridized carbons (Fsp3) is 0.611. The lowest BCUT2D eigenvalue weighted by Gasteiger charge is -2.26. The van der Waals surface area contributed by atoms with Crippen molar-refractivity contribution in [3.63, 3.8) is 0 Å². The van der Waals surface area contributed by atoms with Crippen LogP contribution in [-0.4, -0.2) is 82.1 Å². The van der Waals surface area contributed by atoms with E-state index >= 15 is 0 Å². The molecule has 1 fully saturated rings. The number of methoxy groups -OCH3 is 2. The summed E-state index contributed by atoms with van der Waals surface area (Å²) in [4.78, 5) is 18.7. The highest BCUT2D eigenvalue weighted by molar-refractivity contribution is 5.78. The molecule has 134 valence electrons. The summed E-state index contributed by atoms with van der Waals surface area (Å²) in [5, 5.41) is 0. The second-order valence-corrected chi connectivity index (χ2v) is 6.60. The topological polar surface area (TPSA) is 45.2 Å². The molecule has 1 saturated heterocycles. The van der Waals surface area contributed by atoms with E-state index in [9.17, 15) is 4.79 Å². The summed E-state index contributed by atoms with van der Waals surface area (Å²) in [6.07, 6.45) is 0. The molecule has 0 spiro atoms. The Bertz CT molecular complexity index is 562. The lowest BCUT2D eigenvalue weighted by Crippen LogP contribution is -2.40. The molecule has 0 saturated carbocycles. The van der Waals surface area contributed by atoms with E-state index < -0.39 is 0 Å². The van der Waals surface area contributed by atoms with E-state index in [-0.39, 0.29) is 11.8 Å². The minimum absolute atomic E-state index is 0.00302. The minimum atomic E-state index is -0.00302. The van der Waals surface area contributed by atoms with Gasteiger partial charge >= 0.3 is 0 Å². The Labute approximate surface area is 144 Å². The maximum atomic E-state index is 12.4. The number of hydrogen-bond acceptors (Lipinski definition) is 5. The van der Waals surface area contributed by atoms with Gasteiger partial charge in [0.25, 0.3) is 0 Å². The van der Waals surface area contributed by atoms with Crippen LogP contribution in [0.2, 0.25) is 0 Å². The van der Waals surface area contributed by atoms with Crippen LogP contribution in [0.1, 0.15) is 5.56 Å². The lowest BCUT2D eigenvalue weighted by molar-refractivity contribution is -0.133. The Hall–Kier alpha value is -1.79. The van der Waals surface area contributed by atoms with Crippen LogP contribution < -0.4 is 9.47 Å². The van der Waals surface area contributed by atoms with Crippen LogP contribution in [0.3, 0.4) is 0 Å². The first-order valence-corrected chi connectivity index (χ1v) is 8.27. The number of ether oxygens (including phenoxy) is 2. The quantitative estimate of drug-likeness (QED) is 0.808. The number of carbonyl (C=O) groups is 1. The molecule has 0 aromatic heterocycles. The Morgan fingerprint density at radius 1 is 1.21 bits per heavy atom. The zero-order valence-electron chi connectivity index (χ0n) is 15.4. The molecule has 6 heteroatoms. The van der Waals surface area contributed by atoms with Crippen LogP contribution in [0.5, 0.6) is 11.5 Å². The van der Waals surface area contributed by atoms with E-state index in [0.717, 1.165) is 49.8 Å². The fourth-order valence-electron chi connectivity index (χ4n) is 3.13. The second kappa shape index (κ2) is 8.35. The van der Waals surface area contributed by atoms with Crippen molar-refractivity contribution in [1.29, 1.82) is 0 Å². The van der Waals surface area contributed by atoms with Gasteiger partial charge in [0.05, 0.1) is 20.1 Å². The summed E-state index contributed by atoms with van der Waals surface area (Å²) < 4.78 is 10.8. The van der Waals surface area contributed by atoms with E-state index in [1.165, 1.54) is 0 Å². The number of rotatable bonds is 5. The van der Waals surface area contributed by atoms with E-state index in [0.29, 0.717) is 0 Å². The zero-order valence-corrected chi connectivity index (χ0v) is 15.4. The summed E-state index contributed by atoms with van der Waals surface area (Å²) in [7, 11) is 9.05. The van der Waals surface area contributed by atoms with Crippen LogP contribution in [0, 0.1) is 5.92 Å². The predicted octanol–water partition coefficient (Wildman–Crippen LogP) is 1.16. The first-order chi connectivity index (χ1) is 11.4. The molecule has 2 rings (SSSR count). The molecule has 24 heavy (non-hydrogen) atoms. The third-order valence-corrected chi connectivity index (χ3v) is 4.49. The van der Waals surface area contributed by atoms with E-state index in [4.69, 9.17) is 9.47 Å². The van der Waals surface area contributed by atoms with Crippen LogP contribution in [-0.2, 0) is 11.3 Å². The van der Waals surface area contributed by atoms with Crippen molar-refractivity contribution in [2.24, 2.45) is 5.92 Å². The zero-order chi connectivity index (χ0) is 17.7. The monoisotopic (exact) mass is 335 g/mol. The maximum Gasteiger partial charge on any atom is 0.227 e. The first-order valence-electron chi connectivity index (χ1n) is 8.27. The van der Waals surface area contributed by atoms with Crippen molar-refractivity contribution < 1.29 is 14.3 Å². The average molecular weight is 335 g/mol. The molecule has 0 radical (unpaired) electrons. The molecular weight excluding hydrogens is 306 g/mol. The Balaban J connectivity index is 2.14. The molecule has 1 amide bonds. The van der Waals surface area contributed by atoms with Crippen LogP contribution >= 0.6 is 0 Å². The lowest BCUT2D eigenvalue weighted by atomic mass is 10.1. The number of likely N-dealkylation sites (N-methyl/N-ethyl adjacent to an activating group) is 1. The van der Waals surface area contributed by atoms with Gasteiger partial charge in [0.2, 0.25) is 5.91 Å². The highest BCUT2D eigenvalue weighted by atomic mass is 16.5. The molecule has 0 aliphatic carbocycles. The largest absolute Gasteiger partial charge is 0.497 e. The summed E-state index contributed by atoms with van der Waals surface area (Å²) in [5.41, 5.74) is 1.11. The molecule has 1 aliphatic heterocycles. The third-order valence-electron chi connectivity index (χ3n) is 4.49. The van der Waals surface area contributed by atoms with Crippen molar-refractivity contribution in [2.75, 3.05) is 61.5 Å². The Morgan fingerprint density at radius 3 is 2.58 bits per heavy atom. The number of carbonyl (C=O) groups excluding carboxylic acids is 1. The molecule has 1 aliphatic rings. The van der Waals surface area contributed by atoms with Gasteiger partial charge in [0.15, 0.2) is 0 Å². The number of nitrogens with zero attached hydrogens (tertiary/aromatic N) is 3. The predicted molar refractivity (Wildman–Crippen MR) is 94.5 cm³/mol. The number of amides is 1. The van der Waals surface area contributed by atoms with Crippen molar-refractivity contribution in [1.82, 2.24) is 14.7 Å². The van der Waals surface area contributed by atoms with Crippen LogP contribution in [0.4, 0.5) is 0 Å². The minimum Gasteiger partial charge on any atom is -0.497 e. The van der Waals surface area contributed by atoms with Crippen LogP contribution in [0.25, 0.3) is 0 Å². The molecule has 1 aromatic carbocycles. The van der Waals surface area contributed by atoms with Gasteiger partial charge in [0.1, 0.15) is 11.5 Å². The van der Waals surface area contributed by atoms with Gasteiger partial charge in [0, 0.05) is 58.4 Å². The average Bonchev–Trinajstić information content (AvgIpc) is 2.76. The van der Waals surface area contributed by atoms with E-state index in [2.05, 4.69) is 16.8 Å². The number of hydrogen-bond donors (Lipinski definition) is 0. The second-order valence-electron chi connectivity index (χ2n) is 6.60. The van der Waals surface area contributed by atoms with Gasteiger partial charge in [-0.05, 0) is 13.1 Å². The SMILES string of the molecule is COc1ccc(CN2CCN(C)C[C@@H](C(=O)N(C)C)C2)c(OC)c1. The molecule has 1 aromatic rings. The maximum absolute atomic E-state index is 12.4. The first kappa shape index (κ1) is 18.5. The van der Waals surface area contributed by atoms with E-state index in [1.807, 2.05) is 32.3 Å². The molecule has 0 unspecified atom stereocenters. The number of benzene rings is 1. The van der Waals surface area contributed by atoms with Gasteiger partial charge in [-0.15, -0.1) is 0 Å². The van der Waals surface area contributed by atoms with Gasteiger partial charge in [-0.1, -0.05) is 6.07 Å².